The molecule has 4 heterocycles. The topological polar surface area (TPSA) is 31.2 Å². The molecule has 0 aromatic rings. The van der Waals surface area contributed by atoms with Crippen LogP contribution in [0.3, 0.4) is 0 Å². The van der Waals surface area contributed by atoms with Gasteiger partial charge in [-0.05, 0) is 38.7 Å². The quantitative estimate of drug-likeness (QED) is 0.782. The standard InChI is InChI=1S/C17H24N4.ClH/c1-12-13(2)18-17(21-9-5-6-10-21)14-11-15(19-16(12)14)20-7-3-4-8-20;/h11-12H,3-10H2,1-2H3;1H. The zero-order valence-electron chi connectivity index (χ0n) is 13.5. The highest BCUT2D eigenvalue weighted by molar-refractivity contribution is 6.19. The first kappa shape index (κ1) is 15.6. The van der Waals surface area contributed by atoms with Crippen molar-refractivity contribution in [1.29, 1.82) is 0 Å². The third-order valence-corrected chi connectivity index (χ3v) is 5.18. The van der Waals surface area contributed by atoms with Gasteiger partial charge in [0.2, 0.25) is 0 Å². The molecule has 22 heavy (non-hydrogen) atoms. The van der Waals surface area contributed by atoms with Gasteiger partial charge in [0.1, 0.15) is 11.6 Å². The van der Waals surface area contributed by atoms with Crippen molar-refractivity contribution in [3.05, 3.63) is 23.3 Å². The molecule has 4 nitrogen and oxygen atoms in total. The van der Waals surface area contributed by atoms with Crippen LogP contribution < -0.4 is 0 Å². The van der Waals surface area contributed by atoms with E-state index in [2.05, 4.69) is 29.7 Å². The van der Waals surface area contributed by atoms with Crippen molar-refractivity contribution in [3.63, 3.8) is 0 Å². The summed E-state index contributed by atoms with van der Waals surface area (Å²) < 4.78 is 0. The predicted octanol–water partition coefficient (Wildman–Crippen LogP) is 3.22. The second-order valence-corrected chi connectivity index (χ2v) is 6.60. The van der Waals surface area contributed by atoms with Crippen molar-refractivity contribution in [3.8, 4) is 0 Å². The van der Waals surface area contributed by atoms with E-state index in [-0.39, 0.29) is 12.4 Å². The third kappa shape index (κ3) is 2.47. The number of aliphatic imine (C=N–C) groups is 2. The molecule has 0 aromatic heterocycles. The maximum atomic E-state index is 4.98. The Balaban J connectivity index is 0.00000144. The van der Waals surface area contributed by atoms with E-state index in [4.69, 9.17) is 9.98 Å². The van der Waals surface area contributed by atoms with E-state index < -0.39 is 0 Å². The maximum Gasteiger partial charge on any atom is 0.137 e. The van der Waals surface area contributed by atoms with Crippen molar-refractivity contribution in [2.24, 2.45) is 15.9 Å². The zero-order chi connectivity index (χ0) is 14.4. The minimum atomic E-state index is 0. The molecule has 0 amide bonds. The molecule has 1 unspecified atom stereocenters. The minimum absolute atomic E-state index is 0. The number of likely N-dealkylation sites (tertiary alicyclic amines) is 2. The van der Waals surface area contributed by atoms with Gasteiger partial charge in [-0.1, -0.05) is 6.92 Å². The van der Waals surface area contributed by atoms with E-state index in [1.807, 2.05) is 0 Å². The minimum Gasteiger partial charge on any atom is -0.357 e. The molecular weight excluding hydrogens is 296 g/mol. The second-order valence-electron chi connectivity index (χ2n) is 6.60. The number of hydrogen-bond acceptors (Lipinski definition) is 4. The van der Waals surface area contributed by atoms with Crippen LogP contribution in [0, 0.1) is 5.92 Å². The summed E-state index contributed by atoms with van der Waals surface area (Å²) in [5.74, 6) is 2.70. The van der Waals surface area contributed by atoms with Crippen molar-refractivity contribution in [2.75, 3.05) is 26.2 Å². The SMILES string of the molecule is CC1=NC(N2CCCC2)=C2C=C(N3CCCC3)N=C2C1C.Cl. The lowest BCUT2D eigenvalue weighted by molar-refractivity contribution is 0.417. The lowest BCUT2D eigenvalue weighted by atomic mass is 9.92. The normalized spacial score (nSPS) is 27.5. The highest BCUT2D eigenvalue weighted by Crippen LogP contribution is 2.34. The summed E-state index contributed by atoms with van der Waals surface area (Å²) in [6, 6.07) is 0. The molecule has 5 heteroatoms. The molecule has 0 radical (unpaired) electrons. The van der Waals surface area contributed by atoms with Crippen molar-refractivity contribution in [2.45, 2.75) is 39.5 Å². The number of allylic oxidation sites excluding steroid dienone is 2. The summed E-state index contributed by atoms with van der Waals surface area (Å²) in [6.45, 7) is 8.98. The number of fused-ring (bicyclic) bond motifs is 1. The molecule has 0 aromatic carbocycles. The fourth-order valence-electron chi connectivity index (χ4n) is 3.73. The average molecular weight is 321 g/mol. The Hall–Kier alpha value is -1.29. The number of halogens is 1. The first-order valence-electron chi connectivity index (χ1n) is 8.34. The van der Waals surface area contributed by atoms with Gasteiger partial charge in [0.05, 0.1) is 5.71 Å². The maximum absolute atomic E-state index is 4.98. The van der Waals surface area contributed by atoms with E-state index in [9.17, 15) is 0 Å². The van der Waals surface area contributed by atoms with Gasteiger partial charge in [-0.3, -0.25) is 0 Å². The van der Waals surface area contributed by atoms with Gasteiger partial charge >= 0.3 is 0 Å². The van der Waals surface area contributed by atoms with Crippen LogP contribution in [0.25, 0.3) is 0 Å². The zero-order valence-corrected chi connectivity index (χ0v) is 14.3. The first-order chi connectivity index (χ1) is 10.2. The molecule has 4 rings (SSSR count). The molecule has 1 atom stereocenters. The highest BCUT2D eigenvalue weighted by Gasteiger charge is 2.33. The van der Waals surface area contributed by atoms with Gasteiger partial charge in [0, 0.05) is 43.4 Å². The summed E-state index contributed by atoms with van der Waals surface area (Å²) >= 11 is 0. The molecule has 2 fully saturated rings. The fourth-order valence-corrected chi connectivity index (χ4v) is 3.73. The molecule has 0 aliphatic carbocycles. The molecule has 0 bridgehead atoms. The number of rotatable bonds is 2. The van der Waals surface area contributed by atoms with Crippen LogP contribution in [0.15, 0.2) is 33.3 Å². The summed E-state index contributed by atoms with van der Waals surface area (Å²) in [5.41, 5.74) is 3.73. The lowest BCUT2D eigenvalue weighted by Crippen LogP contribution is -2.30. The van der Waals surface area contributed by atoms with Crippen LogP contribution in [-0.4, -0.2) is 47.4 Å². The van der Waals surface area contributed by atoms with Crippen molar-refractivity contribution >= 4 is 23.8 Å². The van der Waals surface area contributed by atoms with Crippen LogP contribution in [0.1, 0.15) is 39.5 Å². The molecule has 0 spiro atoms. The number of nitrogens with zero attached hydrogens (tertiary/aromatic N) is 4. The second kappa shape index (κ2) is 6.07. The Morgan fingerprint density at radius 3 is 2.18 bits per heavy atom. The van der Waals surface area contributed by atoms with Gasteiger partial charge < -0.3 is 9.80 Å². The summed E-state index contributed by atoms with van der Waals surface area (Å²) in [4.78, 5) is 14.8. The van der Waals surface area contributed by atoms with Gasteiger partial charge in [-0.2, -0.15) is 0 Å². The van der Waals surface area contributed by atoms with E-state index in [1.165, 1.54) is 54.3 Å². The average Bonchev–Trinajstić information content (AvgIpc) is 3.23. The van der Waals surface area contributed by atoms with E-state index in [0.717, 1.165) is 26.2 Å². The highest BCUT2D eigenvalue weighted by atomic mass is 35.5. The van der Waals surface area contributed by atoms with E-state index in [0.29, 0.717) is 5.92 Å². The Morgan fingerprint density at radius 2 is 1.55 bits per heavy atom. The van der Waals surface area contributed by atoms with Crippen molar-refractivity contribution in [1.82, 2.24) is 9.80 Å². The van der Waals surface area contributed by atoms with Crippen LogP contribution in [0.4, 0.5) is 0 Å². The first-order valence-corrected chi connectivity index (χ1v) is 8.34. The molecule has 0 N–H and O–H groups in total. The van der Waals surface area contributed by atoms with Crippen LogP contribution >= 0.6 is 12.4 Å². The predicted molar refractivity (Wildman–Crippen MR) is 93.7 cm³/mol. The Bertz CT molecular complexity index is 575. The van der Waals surface area contributed by atoms with Crippen LogP contribution in [-0.2, 0) is 0 Å². The number of hydrogen-bond donors (Lipinski definition) is 0. The molecule has 4 aliphatic rings. The Morgan fingerprint density at radius 1 is 0.955 bits per heavy atom. The summed E-state index contributed by atoms with van der Waals surface area (Å²) in [6.07, 6.45) is 7.46. The van der Waals surface area contributed by atoms with Gasteiger partial charge in [0.15, 0.2) is 0 Å². The Kier molecular flexibility index (Phi) is 4.31. The Labute approximate surface area is 139 Å². The summed E-state index contributed by atoms with van der Waals surface area (Å²) in [7, 11) is 0. The van der Waals surface area contributed by atoms with Crippen molar-refractivity contribution < 1.29 is 0 Å². The van der Waals surface area contributed by atoms with E-state index >= 15 is 0 Å². The van der Waals surface area contributed by atoms with Gasteiger partial charge in [0.25, 0.3) is 0 Å². The molecule has 0 saturated carbocycles. The van der Waals surface area contributed by atoms with E-state index in [1.54, 1.807) is 0 Å². The fraction of sp³-hybridized carbons (Fsp3) is 0.647. The molecule has 2 saturated heterocycles. The van der Waals surface area contributed by atoms with Crippen LogP contribution in [0.5, 0.6) is 0 Å². The van der Waals surface area contributed by atoms with Crippen LogP contribution in [0.2, 0.25) is 0 Å². The summed E-state index contributed by atoms with van der Waals surface area (Å²) in [5, 5.41) is 0. The van der Waals surface area contributed by atoms with Gasteiger partial charge in [-0.25, -0.2) is 9.98 Å². The van der Waals surface area contributed by atoms with Gasteiger partial charge in [-0.15, -0.1) is 12.4 Å². The third-order valence-electron chi connectivity index (χ3n) is 5.18. The molecule has 4 aliphatic heterocycles. The molecular formula is C17H25ClN4. The monoisotopic (exact) mass is 320 g/mol. The molecule has 120 valence electrons. The smallest absolute Gasteiger partial charge is 0.137 e. The largest absolute Gasteiger partial charge is 0.357 e. The lowest BCUT2D eigenvalue weighted by Gasteiger charge is -2.27.